The highest BCUT2D eigenvalue weighted by molar-refractivity contribution is 6.08. The standard InChI is InChI=1S/C36H25NO/c1-3-12-24(13-4-1)26-19-11-20-31-27-16-7-8-18-29(27)34-33(38-36(26)31)23-22-30-28-17-9-10-21-32(28)37(35(30)34)25-14-5-2-6-15-25/h1-9,11-20,22-23H,10,21H2. The summed E-state index contributed by atoms with van der Waals surface area (Å²) in [6.45, 7) is 0. The first-order chi connectivity index (χ1) is 18.9. The van der Waals surface area contributed by atoms with Crippen molar-refractivity contribution in [3.8, 4) is 50.6 Å². The lowest BCUT2D eigenvalue weighted by molar-refractivity contribution is 0.490. The fourth-order valence-corrected chi connectivity index (χ4v) is 6.24. The molecule has 0 N–H and O–H groups in total. The van der Waals surface area contributed by atoms with Gasteiger partial charge in [0.25, 0.3) is 0 Å². The Balaban J connectivity index is 1.50. The van der Waals surface area contributed by atoms with Crippen LogP contribution in [0.4, 0.5) is 0 Å². The summed E-state index contributed by atoms with van der Waals surface area (Å²) >= 11 is 0. The van der Waals surface area contributed by atoms with Gasteiger partial charge in [0.05, 0.1) is 5.52 Å². The van der Waals surface area contributed by atoms with E-state index >= 15 is 0 Å². The summed E-state index contributed by atoms with van der Waals surface area (Å²) in [5.74, 6) is 1.80. The molecule has 2 heteroatoms. The minimum atomic E-state index is 0.892. The van der Waals surface area contributed by atoms with Crippen LogP contribution in [0.15, 0.2) is 121 Å². The van der Waals surface area contributed by atoms with Gasteiger partial charge in [0.2, 0.25) is 0 Å². The third-order valence-electron chi connectivity index (χ3n) is 7.88. The van der Waals surface area contributed by atoms with E-state index < -0.39 is 0 Å². The van der Waals surface area contributed by atoms with Gasteiger partial charge in [-0.2, -0.15) is 0 Å². The number of fused-ring (bicyclic) bond motifs is 9. The number of nitrogens with zero attached hydrogens (tertiary/aromatic N) is 1. The summed E-state index contributed by atoms with van der Waals surface area (Å²) in [5.41, 5.74) is 12.0. The second-order valence-corrected chi connectivity index (χ2v) is 10.0. The molecule has 0 fully saturated rings. The van der Waals surface area contributed by atoms with Crippen LogP contribution in [0.2, 0.25) is 0 Å². The average molecular weight is 488 g/mol. The summed E-state index contributed by atoms with van der Waals surface area (Å²) in [7, 11) is 0. The van der Waals surface area contributed by atoms with Gasteiger partial charge in [0.15, 0.2) is 0 Å². The Hall–Kier alpha value is -4.82. The van der Waals surface area contributed by atoms with Gasteiger partial charge in [0.1, 0.15) is 11.5 Å². The maximum atomic E-state index is 6.97. The molecule has 2 heterocycles. The van der Waals surface area contributed by atoms with Crippen molar-refractivity contribution in [2.24, 2.45) is 0 Å². The number of aromatic nitrogens is 1. The second-order valence-electron chi connectivity index (χ2n) is 10.0. The number of para-hydroxylation sites is 2. The van der Waals surface area contributed by atoms with Gasteiger partial charge >= 0.3 is 0 Å². The average Bonchev–Trinajstić information content (AvgIpc) is 3.24. The van der Waals surface area contributed by atoms with Crippen LogP contribution in [0.5, 0.6) is 11.5 Å². The first-order valence-corrected chi connectivity index (χ1v) is 13.3. The van der Waals surface area contributed by atoms with Gasteiger partial charge in [-0.1, -0.05) is 103 Å². The summed E-state index contributed by atoms with van der Waals surface area (Å²) in [6.07, 6.45) is 6.68. The van der Waals surface area contributed by atoms with Crippen LogP contribution < -0.4 is 4.74 Å². The predicted octanol–water partition coefficient (Wildman–Crippen LogP) is 9.70. The van der Waals surface area contributed by atoms with Crippen molar-refractivity contribution in [3.63, 3.8) is 0 Å². The molecule has 0 spiro atoms. The first-order valence-electron chi connectivity index (χ1n) is 13.3. The molecular formula is C36H25NO. The van der Waals surface area contributed by atoms with Gasteiger partial charge in [-0.3, -0.25) is 0 Å². The van der Waals surface area contributed by atoms with E-state index in [1.54, 1.807) is 0 Å². The molecule has 2 aliphatic rings. The maximum Gasteiger partial charge on any atom is 0.143 e. The van der Waals surface area contributed by atoms with Crippen LogP contribution in [0.25, 0.3) is 56.0 Å². The van der Waals surface area contributed by atoms with Crippen LogP contribution in [0.1, 0.15) is 17.7 Å². The minimum absolute atomic E-state index is 0.892. The molecule has 0 bridgehead atoms. The topological polar surface area (TPSA) is 14.2 Å². The van der Waals surface area contributed by atoms with Crippen molar-refractivity contribution in [1.82, 2.24) is 4.57 Å². The molecule has 0 unspecified atom stereocenters. The fourth-order valence-electron chi connectivity index (χ4n) is 6.24. The van der Waals surface area contributed by atoms with E-state index in [1.807, 2.05) is 0 Å². The summed E-state index contributed by atoms with van der Waals surface area (Å²) < 4.78 is 9.44. The summed E-state index contributed by atoms with van der Waals surface area (Å²) in [6, 6.07) is 41.0. The Bertz CT molecular complexity index is 1880. The van der Waals surface area contributed by atoms with E-state index in [-0.39, 0.29) is 0 Å². The van der Waals surface area contributed by atoms with Crippen LogP contribution in [-0.4, -0.2) is 4.57 Å². The fraction of sp³-hybridized carbons (Fsp3) is 0.0556. The highest BCUT2D eigenvalue weighted by atomic mass is 16.5. The quantitative estimate of drug-likeness (QED) is 0.237. The van der Waals surface area contributed by atoms with E-state index in [4.69, 9.17) is 4.74 Å². The number of ether oxygens (including phenoxy) is 1. The molecule has 0 saturated heterocycles. The molecule has 0 amide bonds. The van der Waals surface area contributed by atoms with Gasteiger partial charge in [0, 0.05) is 39.0 Å². The lowest BCUT2D eigenvalue weighted by Crippen LogP contribution is -2.03. The molecule has 1 aromatic heterocycles. The van der Waals surface area contributed by atoms with Crippen molar-refractivity contribution in [2.45, 2.75) is 12.8 Å². The molecule has 6 aromatic rings. The van der Waals surface area contributed by atoms with Crippen LogP contribution in [0, 0.1) is 0 Å². The number of benzene rings is 5. The van der Waals surface area contributed by atoms with Gasteiger partial charge in [-0.25, -0.2) is 0 Å². The van der Waals surface area contributed by atoms with Gasteiger partial charge in [-0.15, -0.1) is 0 Å². The van der Waals surface area contributed by atoms with Crippen LogP contribution in [0.3, 0.4) is 0 Å². The van der Waals surface area contributed by atoms with E-state index in [0.717, 1.165) is 46.6 Å². The molecule has 2 nitrogen and oxygen atoms in total. The highest BCUT2D eigenvalue weighted by Crippen LogP contribution is 2.53. The first kappa shape index (κ1) is 21.3. The van der Waals surface area contributed by atoms with Crippen molar-refractivity contribution in [3.05, 3.63) is 133 Å². The molecule has 1 aliphatic carbocycles. The third kappa shape index (κ3) is 3.07. The number of hydrogen-bond donors (Lipinski definition) is 0. The maximum absolute atomic E-state index is 6.97. The zero-order chi connectivity index (χ0) is 25.1. The van der Waals surface area contributed by atoms with Crippen LogP contribution in [-0.2, 0) is 6.42 Å². The summed E-state index contributed by atoms with van der Waals surface area (Å²) in [4.78, 5) is 0. The molecule has 38 heavy (non-hydrogen) atoms. The minimum Gasteiger partial charge on any atom is -0.455 e. The number of allylic oxidation sites excluding steroid dienone is 1. The van der Waals surface area contributed by atoms with Crippen molar-refractivity contribution in [1.29, 1.82) is 0 Å². The van der Waals surface area contributed by atoms with Crippen molar-refractivity contribution >= 4 is 17.0 Å². The molecule has 0 atom stereocenters. The Morgan fingerprint density at radius 1 is 0.605 bits per heavy atom. The molecule has 180 valence electrons. The number of rotatable bonds is 2. The second kappa shape index (κ2) is 8.36. The van der Waals surface area contributed by atoms with Gasteiger partial charge < -0.3 is 9.30 Å². The Morgan fingerprint density at radius 3 is 2.16 bits per heavy atom. The molecule has 5 aromatic carbocycles. The SMILES string of the molecule is C1=Cc2c(n(-c3ccccc3)c3c4c(ccc23)Oc2c(-c3ccccc3)cccc2-c2ccccc2-4)CC1. The Morgan fingerprint density at radius 2 is 1.32 bits per heavy atom. The normalized spacial score (nSPS) is 13.2. The van der Waals surface area contributed by atoms with E-state index in [9.17, 15) is 0 Å². The predicted molar refractivity (Wildman–Crippen MR) is 157 cm³/mol. The van der Waals surface area contributed by atoms with E-state index in [0.29, 0.717) is 0 Å². The molecule has 8 rings (SSSR count). The monoisotopic (exact) mass is 487 g/mol. The Kier molecular flexibility index (Phi) is 4.68. The van der Waals surface area contributed by atoms with Gasteiger partial charge in [-0.05, 0) is 53.8 Å². The summed E-state index contributed by atoms with van der Waals surface area (Å²) in [5, 5.41) is 1.27. The zero-order valence-corrected chi connectivity index (χ0v) is 20.9. The Labute approximate surface area is 222 Å². The number of hydrogen-bond acceptors (Lipinski definition) is 1. The van der Waals surface area contributed by atoms with Crippen molar-refractivity contribution < 1.29 is 4.74 Å². The van der Waals surface area contributed by atoms with Crippen LogP contribution >= 0.6 is 0 Å². The molecule has 1 aliphatic heterocycles. The van der Waals surface area contributed by atoms with E-state index in [1.165, 1.54) is 39.0 Å². The molecule has 0 radical (unpaired) electrons. The smallest absolute Gasteiger partial charge is 0.143 e. The zero-order valence-electron chi connectivity index (χ0n) is 20.9. The van der Waals surface area contributed by atoms with E-state index in [2.05, 4.69) is 132 Å². The highest BCUT2D eigenvalue weighted by Gasteiger charge is 2.29. The molecule has 0 saturated carbocycles. The third-order valence-corrected chi connectivity index (χ3v) is 7.88. The lowest BCUT2D eigenvalue weighted by Gasteiger charge is -2.17. The largest absolute Gasteiger partial charge is 0.455 e. The van der Waals surface area contributed by atoms with Crippen molar-refractivity contribution in [2.75, 3.05) is 0 Å². The lowest BCUT2D eigenvalue weighted by atomic mass is 9.91. The molecular weight excluding hydrogens is 462 g/mol.